The fraction of sp³-hybridized carbons (Fsp3) is 0.182. The van der Waals surface area contributed by atoms with E-state index in [0.717, 1.165) is 28.1 Å². The zero-order valence-electron chi connectivity index (χ0n) is 9.27. The Kier molecular flexibility index (Phi) is 2.66. The first kappa shape index (κ1) is 10.5. The molecule has 0 spiro atoms. The molecular weight excluding hydrogens is 281 g/mol. The van der Waals surface area contributed by atoms with Gasteiger partial charge in [0.15, 0.2) is 0 Å². The summed E-state index contributed by atoms with van der Waals surface area (Å²) in [5.41, 5.74) is 5.14. The molecule has 2 N–H and O–H groups in total. The van der Waals surface area contributed by atoms with E-state index in [9.17, 15) is 0 Å². The van der Waals surface area contributed by atoms with Gasteiger partial charge < -0.3 is 0 Å². The monoisotopic (exact) mass is 293 g/mol. The van der Waals surface area contributed by atoms with Crippen molar-refractivity contribution in [1.82, 2.24) is 17.9 Å². The summed E-state index contributed by atoms with van der Waals surface area (Å²) in [7, 11) is 0. The molecule has 0 radical (unpaired) electrons. The van der Waals surface area contributed by atoms with Crippen molar-refractivity contribution in [2.24, 2.45) is 0 Å². The van der Waals surface area contributed by atoms with Crippen LogP contribution in [0.5, 0.6) is 0 Å². The number of anilines is 1. The van der Waals surface area contributed by atoms with Crippen molar-refractivity contribution in [3.05, 3.63) is 35.9 Å². The average molecular weight is 292 g/mol. The molecule has 0 saturated carbocycles. The molecule has 0 amide bonds. The molecule has 3 rings (SSSR count). The number of aryl methyl sites for hydroxylation is 1. The molecule has 17 heavy (non-hydrogen) atoms. The fourth-order valence-electron chi connectivity index (χ4n) is 1.69. The van der Waals surface area contributed by atoms with Crippen LogP contribution in [0.4, 0.5) is 5.69 Å². The summed E-state index contributed by atoms with van der Waals surface area (Å²) in [6, 6.07) is 6.03. The van der Waals surface area contributed by atoms with Gasteiger partial charge in [-0.05, 0) is 0 Å². The third kappa shape index (κ3) is 1.97. The zero-order chi connectivity index (χ0) is 11.7. The summed E-state index contributed by atoms with van der Waals surface area (Å²) in [5.74, 6) is 0. The second-order valence-corrected chi connectivity index (χ2v) is 4.87. The topological polar surface area (TPSA) is 66.5 Å². The first-order valence-electron chi connectivity index (χ1n) is 5.28. The molecule has 86 valence electrons. The number of nitrogens with one attached hydrogen (secondary N) is 2. The van der Waals surface area contributed by atoms with Gasteiger partial charge in [0.25, 0.3) is 0 Å². The van der Waals surface area contributed by atoms with Crippen molar-refractivity contribution in [3.63, 3.8) is 0 Å². The van der Waals surface area contributed by atoms with Gasteiger partial charge in [0.1, 0.15) is 0 Å². The summed E-state index contributed by atoms with van der Waals surface area (Å²) in [5, 5.41) is 3.36. The van der Waals surface area contributed by atoms with Gasteiger partial charge in [0, 0.05) is 0 Å². The molecule has 0 saturated heterocycles. The molecule has 0 aliphatic rings. The molecule has 0 atom stereocenters. The van der Waals surface area contributed by atoms with Gasteiger partial charge in [-0.2, -0.15) is 0 Å². The third-order valence-corrected chi connectivity index (χ3v) is 3.80. The molecule has 2 heterocycles. The van der Waals surface area contributed by atoms with E-state index < -0.39 is 0 Å². The number of aromatic amines is 1. The number of hydrogen-bond donors (Lipinski definition) is 2. The Morgan fingerprint density at radius 3 is 3.12 bits per heavy atom. The Morgan fingerprint density at radius 1 is 1.35 bits per heavy atom. The van der Waals surface area contributed by atoms with Gasteiger partial charge >= 0.3 is 104 Å². The van der Waals surface area contributed by atoms with Gasteiger partial charge in [-0.1, -0.05) is 0 Å². The molecule has 1 aromatic carbocycles. The molecular formula is C11H11N5Se. The van der Waals surface area contributed by atoms with Crippen LogP contribution in [-0.2, 0) is 6.54 Å². The van der Waals surface area contributed by atoms with Crippen molar-refractivity contribution in [1.29, 1.82) is 0 Å². The SMILES string of the molecule is Cc1[nH]cnc1CNc1cccc2n[se]nc12. The van der Waals surface area contributed by atoms with E-state index in [1.54, 1.807) is 6.33 Å². The van der Waals surface area contributed by atoms with Gasteiger partial charge in [-0.3, -0.25) is 0 Å². The van der Waals surface area contributed by atoms with E-state index in [2.05, 4.69) is 23.2 Å². The summed E-state index contributed by atoms with van der Waals surface area (Å²) in [4.78, 5) is 7.32. The van der Waals surface area contributed by atoms with E-state index in [0.29, 0.717) is 6.54 Å². The number of nitrogens with zero attached hydrogens (tertiary/aromatic N) is 3. The van der Waals surface area contributed by atoms with Gasteiger partial charge in [0.05, 0.1) is 0 Å². The van der Waals surface area contributed by atoms with Crippen LogP contribution in [0.3, 0.4) is 0 Å². The predicted molar refractivity (Wildman–Crippen MR) is 67.1 cm³/mol. The van der Waals surface area contributed by atoms with Crippen molar-refractivity contribution < 1.29 is 0 Å². The van der Waals surface area contributed by atoms with E-state index in [-0.39, 0.29) is 15.0 Å². The van der Waals surface area contributed by atoms with E-state index in [1.165, 1.54) is 0 Å². The molecule has 0 aliphatic carbocycles. The normalized spacial score (nSPS) is 10.9. The van der Waals surface area contributed by atoms with Crippen molar-refractivity contribution in [3.8, 4) is 0 Å². The first-order valence-corrected chi connectivity index (χ1v) is 6.82. The number of hydrogen-bond acceptors (Lipinski definition) is 4. The Morgan fingerprint density at radius 2 is 2.29 bits per heavy atom. The second kappa shape index (κ2) is 4.31. The molecule has 5 nitrogen and oxygen atoms in total. The average Bonchev–Trinajstić information content (AvgIpc) is 2.95. The van der Waals surface area contributed by atoms with Crippen LogP contribution in [-0.4, -0.2) is 32.9 Å². The Hall–Kier alpha value is -1.65. The maximum atomic E-state index is 4.43. The molecule has 0 aliphatic heterocycles. The van der Waals surface area contributed by atoms with Crippen molar-refractivity contribution >= 4 is 31.7 Å². The van der Waals surface area contributed by atoms with Crippen LogP contribution in [0.15, 0.2) is 24.5 Å². The molecule has 0 bridgehead atoms. The second-order valence-electron chi connectivity index (χ2n) is 3.77. The number of H-pyrrole nitrogens is 1. The van der Waals surface area contributed by atoms with Gasteiger partial charge in [-0.15, -0.1) is 0 Å². The summed E-state index contributed by atoms with van der Waals surface area (Å²) in [6.45, 7) is 2.72. The van der Waals surface area contributed by atoms with E-state index in [4.69, 9.17) is 0 Å². The minimum absolute atomic E-state index is 0.0162. The van der Waals surface area contributed by atoms with E-state index in [1.807, 2.05) is 25.1 Å². The molecule has 0 unspecified atom stereocenters. The number of benzene rings is 1. The third-order valence-electron chi connectivity index (χ3n) is 2.67. The van der Waals surface area contributed by atoms with Gasteiger partial charge in [-0.25, -0.2) is 0 Å². The van der Waals surface area contributed by atoms with E-state index >= 15 is 0 Å². The number of imidazole rings is 1. The molecule has 2 aromatic heterocycles. The van der Waals surface area contributed by atoms with Crippen LogP contribution in [0.25, 0.3) is 11.0 Å². The number of fused-ring (bicyclic) bond motifs is 1. The summed E-state index contributed by atoms with van der Waals surface area (Å²) < 4.78 is 8.78. The minimum atomic E-state index is 0.0162. The summed E-state index contributed by atoms with van der Waals surface area (Å²) in [6.07, 6.45) is 1.71. The summed E-state index contributed by atoms with van der Waals surface area (Å²) >= 11 is 0.0162. The number of aromatic nitrogens is 4. The Balaban J connectivity index is 1.86. The quantitative estimate of drug-likeness (QED) is 0.715. The first-order chi connectivity index (χ1) is 8.34. The Bertz CT molecular complexity index is 642. The number of rotatable bonds is 3. The standard InChI is InChI=1S/C11H11N5Se/c1-7-10(14-6-13-7)5-12-8-3-2-4-9-11(8)16-17-15-9/h2-4,6,12H,5H2,1H3,(H,13,14). The maximum absolute atomic E-state index is 4.43. The molecule has 6 heteroatoms. The van der Waals surface area contributed by atoms with Crippen molar-refractivity contribution in [2.45, 2.75) is 13.5 Å². The van der Waals surface area contributed by atoms with Crippen LogP contribution in [0.2, 0.25) is 0 Å². The zero-order valence-corrected chi connectivity index (χ0v) is 11.0. The molecule has 3 aromatic rings. The van der Waals surface area contributed by atoms with Crippen LogP contribution < -0.4 is 5.32 Å². The van der Waals surface area contributed by atoms with Gasteiger partial charge in [0.2, 0.25) is 0 Å². The van der Waals surface area contributed by atoms with Crippen molar-refractivity contribution in [2.75, 3.05) is 5.32 Å². The Labute approximate surface area is 105 Å². The van der Waals surface area contributed by atoms with Crippen LogP contribution in [0.1, 0.15) is 11.4 Å². The van der Waals surface area contributed by atoms with Crippen LogP contribution in [0, 0.1) is 6.92 Å². The van der Waals surface area contributed by atoms with Crippen LogP contribution >= 0.6 is 0 Å². The molecule has 0 fully saturated rings. The predicted octanol–water partition coefficient (Wildman–Crippen LogP) is 1.33. The fourth-order valence-corrected chi connectivity index (χ4v) is 2.85.